The second kappa shape index (κ2) is 6.38. The number of nitrogens with two attached hydrogens (primary N) is 1. The molecule has 0 amide bonds. The van der Waals surface area contributed by atoms with Crippen molar-refractivity contribution in [1.29, 1.82) is 0 Å². The highest BCUT2D eigenvalue weighted by Crippen LogP contribution is 2.33. The Morgan fingerprint density at radius 2 is 1.72 bits per heavy atom. The highest BCUT2D eigenvalue weighted by molar-refractivity contribution is 4.91. The van der Waals surface area contributed by atoms with E-state index >= 15 is 0 Å². The van der Waals surface area contributed by atoms with Crippen molar-refractivity contribution >= 4 is 0 Å². The lowest BCUT2D eigenvalue weighted by Gasteiger charge is -2.44. The molecule has 0 radical (unpaired) electrons. The van der Waals surface area contributed by atoms with Crippen molar-refractivity contribution in [2.24, 2.45) is 17.6 Å². The summed E-state index contributed by atoms with van der Waals surface area (Å²) in [4.78, 5) is 2.65. The maximum absolute atomic E-state index is 6.39. The first-order chi connectivity index (χ1) is 8.61. The summed E-state index contributed by atoms with van der Waals surface area (Å²) < 4.78 is 0. The van der Waals surface area contributed by atoms with E-state index in [0.717, 1.165) is 17.9 Å². The van der Waals surface area contributed by atoms with Crippen LogP contribution in [0, 0.1) is 11.8 Å². The van der Waals surface area contributed by atoms with Crippen LogP contribution in [0.4, 0.5) is 0 Å². The molecule has 2 aliphatic carbocycles. The summed E-state index contributed by atoms with van der Waals surface area (Å²) in [5, 5.41) is 0. The lowest BCUT2D eigenvalue weighted by molar-refractivity contribution is 0.0707. The van der Waals surface area contributed by atoms with Crippen LogP contribution >= 0.6 is 0 Å². The summed E-state index contributed by atoms with van der Waals surface area (Å²) in [7, 11) is 2.34. The Morgan fingerprint density at radius 1 is 1.06 bits per heavy atom. The van der Waals surface area contributed by atoms with Gasteiger partial charge in [-0.25, -0.2) is 0 Å². The summed E-state index contributed by atoms with van der Waals surface area (Å²) in [6, 6.07) is 1.85. The third kappa shape index (κ3) is 3.27. The quantitative estimate of drug-likeness (QED) is 0.834. The van der Waals surface area contributed by atoms with Gasteiger partial charge in [0.1, 0.15) is 0 Å². The van der Waals surface area contributed by atoms with Crippen LogP contribution in [-0.2, 0) is 0 Å². The minimum Gasteiger partial charge on any atom is -0.326 e. The second-order valence-corrected chi connectivity index (χ2v) is 6.90. The average molecular weight is 252 g/mol. The first-order valence-electron chi connectivity index (χ1n) is 8.09. The van der Waals surface area contributed by atoms with Gasteiger partial charge in [0, 0.05) is 18.1 Å². The predicted octanol–water partition coefficient (Wildman–Crippen LogP) is 3.40. The van der Waals surface area contributed by atoms with Crippen LogP contribution in [0.1, 0.15) is 65.2 Å². The van der Waals surface area contributed by atoms with Crippen molar-refractivity contribution in [3.63, 3.8) is 0 Å². The number of nitrogens with zero attached hydrogens (tertiary/aromatic N) is 1. The Labute approximate surface area is 113 Å². The van der Waals surface area contributed by atoms with Crippen molar-refractivity contribution in [3.8, 4) is 0 Å². The van der Waals surface area contributed by atoms with E-state index in [0.29, 0.717) is 12.1 Å². The van der Waals surface area contributed by atoms with Crippen LogP contribution in [0.3, 0.4) is 0 Å². The molecule has 2 aliphatic rings. The van der Waals surface area contributed by atoms with Gasteiger partial charge in [-0.15, -0.1) is 0 Å². The van der Waals surface area contributed by atoms with Crippen molar-refractivity contribution in [2.75, 3.05) is 7.05 Å². The van der Waals surface area contributed by atoms with Gasteiger partial charge >= 0.3 is 0 Å². The summed E-state index contributed by atoms with van der Waals surface area (Å²) in [6.45, 7) is 4.73. The van der Waals surface area contributed by atoms with Crippen LogP contribution in [-0.4, -0.2) is 30.1 Å². The number of rotatable bonds is 3. The Hall–Kier alpha value is -0.0800. The molecule has 2 N–H and O–H groups in total. The van der Waals surface area contributed by atoms with E-state index in [4.69, 9.17) is 5.73 Å². The van der Waals surface area contributed by atoms with Crippen molar-refractivity contribution in [1.82, 2.24) is 4.90 Å². The van der Waals surface area contributed by atoms with Crippen LogP contribution in [0.15, 0.2) is 0 Å². The van der Waals surface area contributed by atoms with E-state index in [1.807, 2.05) is 0 Å². The van der Waals surface area contributed by atoms with Crippen molar-refractivity contribution in [3.05, 3.63) is 0 Å². The monoisotopic (exact) mass is 252 g/mol. The summed E-state index contributed by atoms with van der Waals surface area (Å²) >= 11 is 0. The van der Waals surface area contributed by atoms with E-state index in [1.165, 1.54) is 51.4 Å². The first kappa shape index (κ1) is 14.3. The first-order valence-corrected chi connectivity index (χ1v) is 8.09. The smallest absolute Gasteiger partial charge is 0.0249 e. The van der Waals surface area contributed by atoms with Gasteiger partial charge in [-0.2, -0.15) is 0 Å². The van der Waals surface area contributed by atoms with Crippen LogP contribution in [0.5, 0.6) is 0 Å². The van der Waals surface area contributed by atoms with Gasteiger partial charge in [-0.3, -0.25) is 4.90 Å². The zero-order chi connectivity index (χ0) is 13.1. The fourth-order valence-electron chi connectivity index (χ4n) is 4.01. The van der Waals surface area contributed by atoms with Gasteiger partial charge in [0.2, 0.25) is 0 Å². The highest BCUT2D eigenvalue weighted by atomic mass is 15.2. The lowest BCUT2D eigenvalue weighted by Crippen LogP contribution is -2.53. The molecule has 2 heteroatoms. The molecule has 0 aliphatic heterocycles. The predicted molar refractivity (Wildman–Crippen MR) is 78.6 cm³/mol. The van der Waals surface area contributed by atoms with Gasteiger partial charge < -0.3 is 5.73 Å². The van der Waals surface area contributed by atoms with E-state index in [-0.39, 0.29) is 0 Å². The summed E-state index contributed by atoms with van der Waals surface area (Å²) in [5.74, 6) is 1.86. The molecule has 3 atom stereocenters. The van der Waals surface area contributed by atoms with E-state index < -0.39 is 0 Å². The minimum atomic E-state index is 0.414. The fraction of sp³-hybridized carbons (Fsp3) is 1.00. The summed E-state index contributed by atoms with van der Waals surface area (Å²) in [5.41, 5.74) is 6.39. The van der Waals surface area contributed by atoms with Crippen LogP contribution in [0.25, 0.3) is 0 Å². The molecule has 2 rings (SSSR count). The normalized spacial score (nSPS) is 42.2. The third-order valence-electron chi connectivity index (χ3n) is 5.64. The van der Waals surface area contributed by atoms with Crippen molar-refractivity contribution < 1.29 is 0 Å². The maximum atomic E-state index is 6.39. The average Bonchev–Trinajstić information content (AvgIpc) is 2.39. The van der Waals surface area contributed by atoms with Gasteiger partial charge in [0.15, 0.2) is 0 Å². The Kier molecular flexibility index (Phi) is 5.08. The highest BCUT2D eigenvalue weighted by Gasteiger charge is 2.34. The molecular formula is C16H32N2. The molecule has 2 fully saturated rings. The summed E-state index contributed by atoms with van der Waals surface area (Å²) in [6.07, 6.45) is 10.8. The third-order valence-corrected chi connectivity index (χ3v) is 5.64. The fourth-order valence-corrected chi connectivity index (χ4v) is 4.01. The van der Waals surface area contributed by atoms with E-state index in [2.05, 4.69) is 25.8 Å². The van der Waals surface area contributed by atoms with Crippen LogP contribution < -0.4 is 5.73 Å². The molecule has 2 saturated carbocycles. The maximum Gasteiger partial charge on any atom is 0.0249 e. The molecule has 0 aromatic carbocycles. The number of hydrogen-bond acceptors (Lipinski definition) is 2. The van der Waals surface area contributed by atoms with Gasteiger partial charge in [0.25, 0.3) is 0 Å². The minimum absolute atomic E-state index is 0.414. The molecule has 106 valence electrons. The Balaban J connectivity index is 1.91. The zero-order valence-corrected chi connectivity index (χ0v) is 12.6. The van der Waals surface area contributed by atoms with Crippen LogP contribution in [0.2, 0.25) is 0 Å². The molecule has 0 aromatic rings. The molecule has 0 aromatic heterocycles. The van der Waals surface area contributed by atoms with Gasteiger partial charge in [0.05, 0.1) is 0 Å². The van der Waals surface area contributed by atoms with Crippen molar-refractivity contribution in [2.45, 2.75) is 83.3 Å². The standard InChI is InChI=1S/C16H32N2/c1-4-13-7-10-15(17)16(11-13)18(3)14-8-5-12(2)6-9-14/h12-16H,4-11,17H2,1-3H3. The Bertz CT molecular complexity index is 245. The van der Waals surface area contributed by atoms with Gasteiger partial charge in [-0.1, -0.05) is 20.3 Å². The largest absolute Gasteiger partial charge is 0.326 e. The van der Waals surface area contributed by atoms with E-state index in [9.17, 15) is 0 Å². The Morgan fingerprint density at radius 3 is 2.33 bits per heavy atom. The topological polar surface area (TPSA) is 29.3 Å². The number of hydrogen-bond donors (Lipinski definition) is 1. The molecule has 0 spiro atoms. The number of likely N-dealkylation sites (N-methyl/N-ethyl adjacent to an activating group) is 1. The lowest BCUT2D eigenvalue weighted by atomic mass is 9.79. The van der Waals surface area contributed by atoms with E-state index in [1.54, 1.807) is 0 Å². The SMILES string of the molecule is CCC1CCC(N)C(N(C)C2CCC(C)CC2)C1. The molecular weight excluding hydrogens is 220 g/mol. The zero-order valence-electron chi connectivity index (χ0n) is 12.6. The molecule has 3 unspecified atom stereocenters. The molecule has 0 heterocycles. The molecule has 0 saturated heterocycles. The molecule has 0 bridgehead atoms. The molecule has 18 heavy (non-hydrogen) atoms. The second-order valence-electron chi connectivity index (χ2n) is 6.90. The molecule has 2 nitrogen and oxygen atoms in total. The van der Waals surface area contributed by atoms with Gasteiger partial charge in [-0.05, 0) is 63.8 Å².